The molecule has 0 aromatic rings. The molecule has 94 valence electrons. The smallest absolute Gasteiger partial charge is 0.233 e. The molecule has 0 heterocycles. The molecular weight excluding hydrogens is 224 g/mol. The molecular formula is C11H22N2O2S. The molecule has 0 rings (SSSR count). The highest BCUT2D eigenvalue weighted by Gasteiger charge is 2.24. The van der Waals surface area contributed by atoms with Crippen molar-refractivity contribution in [2.45, 2.75) is 40.2 Å². The Bertz CT molecular complexity index is 242. The van der Waals surface area contributed by atoms with Gasteiger partial charge in [-0.05, 0) is 19.8 Å². The second kappa shape index (κ2) is 7.54. The van der Waals surface area contributed by atoms with Crippen molar-refractivity contribution in [3.8, 4) is 0 Å². The minimum Gasteiger partial charge on any atom is -0.354 e. The fourth-order valence-electron chi connectivity index (χ4n) is 1.39. The largest absolute Gasteiger partial charge is 0.354 e. The average molecular weight is 246 g/mol. The molecule has 0 aliphatic heterocycles. The van der Waals surface area contributed by atoms with Crippen molar-refractivity contribution in [2.75, 3.05) is 6.26 Å². The van der Waals surface area contributed by atoms with Gasteiger partial charge in [0.25, 0.3) is 0 Å². The summed E-state index contributed by atoms with van der Waals surface area (Å²) in [5, 5.41) is 2.80. The molecule has 0 radical (unpaired) electrons. The van der Waals surface area contributed by atoms with Crippen molar-refractivity contribution in [1.29, 1.82) is 0 Å². The van der Waals surface area contributed by atoms with E-state index in [1.807, 2.05) is 27.7 Å². The number of hydrogen-bond acceptors (Lipinski definition) is 3. The number of nitrogens with one attached hydrogen (secondary N) is 2. The van der Waals surface area contributed by atoms with Crippen molar-refractivity contribution >= 4 is 23.8 Å². The standard InChI is InChI=1S/C11H22N2O2S/c1-7(2)9(11(15)13-16-5)6-10(14)12-8(3)4/h7-9H,6H2,1-5H3,(H,12,14)(H,13,15). The van der Waals surface area contributed by atoms with Crippen molar-refractivity contribution in [3.05, 3.63) is 0 Å². The Hall–Kier alpha value is -0.710. The summed E-state index contributed by atoms with van der Waals surface area (Å²) in [6, 6.07) is 0.115. The molecule has 0 aliphatic rings. The third-order valence-corrected chi connectivity index (χ3v) is 2.60. The van der Waals surface area contributed by atoms with E-state index in [4.69, 9.17) is 0 Å². The van der Waals surface area contributed by atoms with Crippen LogP contribution in [0.25, 0.3) is 0 Å². The molecule has 1 atom stereocenters. The minimum atomic E-state index is -0.258. The molecule has 0 aliphatic carbocycles. The van der Waals surface area contributed by atoms with E-state index in [2.05, 4.69) is 10.0 Å². The first-order chi connectivity index (χ1) is 7.38. The van der Waals surface area contributed by atoms with E-state index >= 15 is 0 Å². The average Bonchev–Trinajstić information content (AvgIpc) is 2.12. The summed E-state index contributed by atoms with van der Waals surface area (Å²) in [7, 11) is 0. The molecule has 0 fully saturated rings. The molecule has 0 spiro atoms. The third kappa shape index (κ3) is 6.00. The summed E-state index contributed by atoms with van der Waals surface area (Å²) < 4.78 is 2.68. The number of carbonyl (C=O) groups is 2. The fourth-order valence-corrected chi connectivity index (χ4v) is 1.74. The summed E-state index contributed by atoms with van der Waals surface area (Å²) in [4.78, 5) is 23.3. The van der Waals surface area contributed by atoms with Crippen LogP contribution in [-0.4, -0.2) is 24.1 Å². The van der Waals surface area contributed by atoms with Crippen LogP contribution in [0.1, 0.15) is 34.1 Å². The third-order valence-electron chi connectivity index (χ3n) is 2.20. The Kier molecular flexibility index (Phi) is 7.21. The van der Waals surface area contributed by atoms with Gasteiger partial charge in [0.2, 0.25) is 11.8 Å². The highest BCUT2D eigenvalue weighted by molar-refractivity contribution is 7.97. The lowest BCUT2D eigenvalue weighted by Gasteiger charge is -2.19. The lowest BCUT2D eigenvalue weighted by molar-refractivity contribution is -0.130. The summed E-state index contributed by atoms with van der Waals surface area (Å²) in [5.41, 5.74) is 0. The van der Waals surface area contributed by atoms with Crippen molar-refractivity contribution in [1.82, 2.24) is 10.0 Å². The van der Waals surface area contributed by atoms with Crippen molar-refractivity contribution < 1.29 is 9.59 Å². The van der Waals surface area contributed by atoms with Crippen LogP contribution in [0.4, 0.5) is 0 Å². The van der Waals surface area contributed by atoms with E-state index in [-0.39, 0.29) is 36.1 Å². The van der Waals surface area contributed by atoms with Crippen LogP contribution in [0.3, 0.4) is 0 Å². The maximum absolute atomic E-state index is 11.7. The van der Waals surface area contributed by atoms with Crippen LogP contribution in [-0.2, 0) is 9.59 Å². The zero-order valence-electron chi connectivity index (χ0n) is 10.7. The molecule has 2 N–H and O–H groups in total. The van der Waals surface area contributed by atoms with Gasteiger partial charge in [-0.1, -0.05) is 25.8 Å². The SMILES string of the molecule is CSNC(=O)C(CC(=O)NC(C)C)C(C)C. The number of rotatable bonds is 6. The van der Waals surface area contributed by atoms with E-state index in [1.54, 1.807) is 6.26 Å². The van der Waals surface area contributed by atoms with Gasteiger partial charge < -0.3 is 10.0 Å². The maximum Gasteiger partial charge on any atom is 0.233 e. The molecule has 2 amide bonds. The van der Waals surface area contributed by atoms with Crippen LogP contribution < -0.4 is 10.0 Å². The second-order valence-corrected chi connectivity index (χ2v) is 5.06. The maximum atomic E-state index is 11.7. The number of carbonyl (C=O) groups excluding carboxylic acids is 2. The molecule has 0 aromatic heterocycles. The number of hydrogen-bond donors (Lipinski definition) is 2. The van der Waals surface area contributed by atoms with Gasteiger partial charge in [-0.15, -0.1) is 0 Å². The molecule has 1 unspecified atom stereocenters. The molecule has 0 saturated heterocycles. The van der Waals surface area contributed by atoms with Gasteiger partial charge in [0.1, 0.15) is 0 Å². The van der Waals surface area contributed by atoms with Gasteiger partial charge >= 0.3 is 0 Å². The van der Waals surface area contributed by atoms with Crippen LogP contribution in [0.2, 0.25) is 0 Å². The minimum absolute atomic E-state index is 0.0649. The Morgan fingerprint density at radius 1 is 1.19 bits per heavy atom. The normalized spacial score (nSPS) is 12.7. The topological polar surface area (TPSA) is 58.2 Å². The van der Waals surface area contributed by atoms with Gasteiger partial charge in [0, 0.05) is 24.6 Å². The van der Waals surface area contributed by atoms with E-state index in [1.165, 1.54) is 11.9 Å². The number of amides is 2. The Morgan fingerprint density at radius 3 is 2.12 bits per heavy atom. The van der Waals surface area contributed by atoms with E-state index in [0.29, 0.717) is 0 Å². The molecule has 0 saturated carbocycles. The van der Waals surface area contributed by atoms with Crippen LogP contribution in [0.5, 0.6) is 0 Å². The second-order valence-electron chi connectivity index (χ2n) is 4.45. The van der Waals surface area contributed by atoms with Crippen LogP contribution >= 0.6 is 11.9 Å². The molecule has 0 aromatic carbocycles. The summed E-state index contributed by atoms with van der Waals surface area (Å²) in [5.74, 6) is -0.234. The van der Waals surface area contributed by atoms with Crippen LogP contribution in [0, 0.1) is 11.8 Å². The Balaban J connectivity index is 4.34. The monoisotopic (exact) mass is 246 g/mol. The Labute approximate surface area is 102 Å². The Morgan fingerprint density at radius 2 is 1.75 bits per heavy atom. The van der Waals surface area contributed by atoms with Gasteiger partial charge in [-0.3, -0.25) is 9.59 Å². The van der Waals surface area contributed by atoms with Gasteiger partial charge in [0.05, 0.1) is 0 Å². The van der Waals surface area contributed by atoms with E-state index < -0.39 is 0 Å². The lowest BCUT2D eigenvalue weighted by Crippen LogP contribution is -2.37. The summed E-state index contributed by atoms with van der Waals surface area (Å²) in [6.07, 6.45) is 2.05. The molecule has 5 heteroatoms. The first-order valence-corrected chi connectivity index (χ1v) is 6.73. The molecule has 16 heavy (non-hydrogen) atoms. The highest BCUT2D eigenvalue weighted by atomic mass is 32.2. The summed E-state index contributed by atoms with van der Waals surface area (Å²) >= 11 is 1.27. The fraction of sp³-hybridized carbons (Fsp3) is 0.818. The first kappa shape index (κ1) is 15.3. The predicted molar refractivity (Wildman–Crippen MR) is 67.9 cm³/mol. The van der Waals surface area contributed by atoms with Gasteiger partial charge in [-0.25, -0.2) is 0 Å². The predicted octanol–water partition coefficient (Wildman–Crippen LogP) is 1.57. The quantitative estimate of drug-likeness (QED) is 0.699. The van der Waals surface area contributed by atoms with E-state index in [0.717, 1.165) is 0 Å². The lowest BCUT2D eigenvalue weighted by atomic mass is 9.91. The van der Waals surface area contributed by atoms with Gasteiger partial charge in [0.15, 0.2) is 0 Å². The van der Waals surface area contributed by atoms with E-state index in [9.17, 15) is 9.59 Å². The van der Waals surface area contributed by atoms with Crippen LogP contribution in [0.15, 0.2) is 0 Å². The summed E-state index contributed by atoms with van der Waals surface area (Å²) in [6.45, 7) is 7.72. The van der Waals surface area contributed by atoms with Gasteiger partial charge in [-0.2, -0.15) is 0 Å². The molecule has 4 nitrogen and oxygen atoms in total. The molecule has 0 bridgehead atoms. The van der Waals surface area contributed by atoms with Crippen molar-refractivity contribution in [2.24, 2.45) is 11.8 Å². The van der Waals surface area contributed by atoms with Crippen molar-refractivity contribution in [3.63, 3.8) is 0 Å². The highest BCUT2D eigenvalue weighted by Crippen LogP contribution is 2.16. The zero-order chi connectivity index (χ0) is 12.7. The zero-order valence-corrected chi connectivity index (χ0v) is 11.5. The first-order valence-electron chi connectivity index (χ1n) is 5.50.